The summed E-state index contributed by atoms with van der Waals surface area (Å²) in [6, 6.07) is 9.10. The van der Waals surface area contributed by atoms with Crippen LogP contribution in [0.1, 0.15) is 60.5 Å². The number of nitrogens with zero attached hydrogens (tertiary/aromatic N) is 1. The van der Waals surface area contributed by atoms with E-state index in [2.05, 4.69) is 10.6 Å². The van der Waals surface area contributed by atoms with Crippen molar-refractivity contribution in [1.29, 1.82) is 0 Å². The molecular weight excluding hydrogens is 607 g/mol. The molecule has 2 N–H and O–H groups in total. The predicted octanol–water partition coefficient (Wildman–Crippen LogP) is 4.15. The molecule has 4 rings (SSSR count). The van der Waals surface area contributed by atoms with Gasteiger partial charge in [-0.15, -0.1) is 0 Å². The molecule has 1 aliphatic heterocycles. The molecule has 1 aliphatic carbocycles. The minimum absolute atomic E-state index is 0.0337. The molecule has 2 aliphatic rings. The van der Waals surface area contributed by atoms with Crippen LogP contribution in [0.4, 0.5) is 13.2 Å². The van der Waals surface area contributed by atoms with Crippen LogP contribution in [0.2, 0.25) is 0 Å². The highest BCUT2D eigenvalue weighted by Crippen LogP contribution is 2.43. The topological polar surface area (TPSA) is 123 Å². The maximum atomic E-state index is 13.5. The van der Waals surface area contributed by atoms with Crippen molar-refractivity contribution in [2.45, 2.75) is 51.6 Å². The lowest BCUT2D eigenvalue weighted by Gasteiger charge is -2.32. The number of hydrogen-bond donors (Lipinski definition) is 2. The Labute approximate surface area is 265 Å². The molecule has 1 fully saturated rings. The first-order valence-electron chi connectivity index (χ1n) is 15.4. The molecule has 3 amide bonds. The van der Waals surface area contributed by atoms with Gasteiger partial charge in [-0.2, -0.15) is 13.2 Å². The number of alkyl halides is 3. The van der Waals surface area contributed by atoms with Gasteiger partial charge in [0.15, 0.2) is 18.1 Å². The van der Waals surface area contributed by atoms with Crippen LogP contribution >= 0.6 is 0 Å². The zero-order valence-electron chi connectivity index (χ0n) is 26.0. The van der Waals surface area contributed by atoms with Crippen LogP contribution in [0.3, 0.4) is 0 Å². The van der Waals surface area contributed by atoms with Crippen molar-refractivity contribution < 1.29 is 46.6 Å². The van der Waals surface area contributed by atoms with E-state index in [1.54, 1.807) is 19.1 Å². The first-order chi connectivity index (χ1) is 21.9. The van der Waals surface area contributed by atoms with E-state index in [4.69, 9.17) is 14.2 Å². The number of rotatable bonds is 6. The molecule has 1 saturated carbocycles. The van der Waals surface area contributed by atoms with Crippen LogP contribution in [-0.2, 0) is 31.7 Å². The number of carbonyl (C=O) groups is 4. The Morgan fingerprint density at radius 2 is 1.78 bits per heavy atom. The summed E-state index contributed by atoms with van der Waals surface area (Å²) in [5, 5.41) is 5.61. The highest BCUT2D eigenvalue weighted by Gasteiger charge is 2.45. The van der Waals surface area contributed by atoms with Gasteiger partial charge in [-0.3, -0.25) is 19.2 Å². The Morgan fingerprint density at radius 3 is 2.43 bits per heavy atom. The second kappa shape index (κ2) is 15.3. The fraction of sp³-hybridized carbons (Fsp3) is 0.515. The first-order valence-corrected chi connectivity index (χ1v) is 15.4. The molecule has 10 nitrogen and oxygen atoms in total. The van der Waals surface area contributed by atoms with Gasteiger partial charge < -0.3 is 29.7 Å². The Balaban J connectivity index is 1.59. The van der Waals surface area contributed by atoms with Crippen LogP contribution in [0.5, 0.6) is 11.5 Å². The highest BCUT2D eigenvalue weighted by atomic mass is 19.4. The standard InChI is InChI=1S/C33H40F3N3O7/c1-3-45-31(43)32(18-22-6-7-22)19-23-8-13-26(44-2)27(17-23)46-20-29(41)37-14-16-39(15-4-5-28(40)38-21-32)30(42)24-9-11-25(12-10-24)33(34,35)36/h8-13,17,22H,3-7,14-16,18-21H2,1-2H3,(H,37,41)(H,38,40). The summed E-state index contributed by atoms with van der Waals surface area (Å²) in [5.74, 6) is -0.741. The fourth-order valence-corrected chi connectivity index (χ4v) is 5.54. The third kappa shape index (κ3) is 9.37. The predicted molar refractivity (Wildman–Crippen MR) is 161 cm³/mol. The van der Waals surface area contributed by atoms with E-state index >= 15 is 0 Å². The highest BCUT2D eigenvalue weighted by molar-refractivity contribution is 5.94. The van der Waals surface area contributed by atoms with Gasteiger partial charge in [0.05, 0.1) is 24.7 Å². The number of ether oxygens (including phenoxy) is 3. The lowest BCUT2D eigenvalue weighted by molar-refractivity contribution is -0.156. The van der Waals surface area contributed by atoms with Gasteiger partial charge in [-0.1, -0.05) is 18.9 Å². The third-order valence-electron chi connectivity index (χ3n) is 8.12. The van der Waals surface area contributed by atoms with Crippen molar-refractivity contribution >= 4 is 23.7 Å². The van der Waals surface area contributed by atoms with Gasteiger partial charge in [-0.05, 0) is 74.1 Å². The van der Waals surface area contributed by atoms with Gasteiger partial charge in [0, 0.05) is 38.2 Å². The van der Waals surface area contributed by atoms with Gasteiger partial charge in [-0.25, -0.2) is 0 Å². The zero-order chi connectivity index (χ0) is 33.3. The number of carbonyl (C=O) groups excluding carboxylic acids is 4. The van der Waals surface area contributed by atoms with E-state index in [-0.39, 0.29) is 70.1 Å². The number of nitrogens with one attached hydrogen (secondary N) is 2. The van der Waals surface area contributed by atoms with Crippen LogP contribution in [0.15, 0.2) is 42.5 Å². The van der Waals surface area contributed by atoms with E-state index in [1.165, 1.54) is 12.0 Å². The summed E-state index contributed by atoms with van der Waals surface area (Å²) in [4.78, 5) is 53.9. The smallest absolute Gasteiger partial charge is 0.416 e. The Kier molecular flexibility index (Phi) is 11.5. The van der Waals surface area contributed by atoms with Crippen LogP contribution in [0, 0.1) is 11.3 Å². The maximum Gasteiger partial charge on any atom is 0.416 e. The third-order valence-corrected chi connectivity index (χ3v) is 8.12. The molecule has 0 radical (unpaired) electrons. The molecule has 46 heavy (non-hydrogen) atoms. The molecule has 0 spiro atoms. The van der Waals surface area contributed by atoms with Crippen molar-refractivity contribution in [3.05, 3.63) is 59.2 Å². The summed E-state index contributed by atoms with van der Waals surface area (Å²) < 4.78 is 55.9. The minimum atomic E-state index is -4.55. The van der Waals surface area contributed by atoms with Crippen LogP contribution in [0.25, 0.3) is 0 Å². The molecule has 1 atom stereocenters. The molecule has 0 aromatic heterocycles. The summed E-state index contributed by atoms with van der Waals surface area (Å²) in [6.45, 7) is 1.78. The Morgan fingerprint density at radius 1 is 1.04 bits per heavy atom. The Hall–Kier alpha value is -4.29. The van der Waals surface area contributed by atoms with Gasteiger partial charge in [0.1, 0.15) is 0 Å². The van der Waals surface area contributed by atoms with E-state index in [0.29, 0.717) is 23.8 Å². The van der Waals surface area contributed by atoms with Crippen molar-refractivity contribution in [2.24, 2.45) is 11.3 Å². The van der Waals surface area contributed by atoms with E-state index < -0.39 is 34.9 Å². The average molecular weight is 648 g/mol. The van der Waals surface area contributed by atoms with Crippen LogP contribution in [-0.4, -0.2) is 75.1 Å². The van der Waals surface area contributed by atoms with E-state index in [1.807, 2.05) is 6.07 Å². The van der Waals surface area contributed by atoms with E-state index in [9.17, 15) is 32.3 Å². The molecule has 2 bridgehead atoms. The normalized spacial score (nSPS) is 20.3. The summed E-state index contributed by atoms with van der Waals surface area (Å²) >= 11 is 0. The quantitative estimate of drug-likeness (QED) is 0.452. The lowest BCUT2D eigenvalue weighted by atomic mass is 9.76. The van der Waals surface area contributed by atoms with Gasteiger partial charge in [0.25, 0.3) is 11.8 Å². The number of benzene rings is 2. The first kappa shape index (κ1) is 34.6. The number of fused-ring (bicyclic) bond motifs is 2. The van der Waals surface area contributed by atoms with Crippen molar-refractivity contribution in [1.82, 2.24) is 15.5 Å². The zero-order valence-corrected chi connectivity index (χ0v) is 26.0. The number of amides is 3. The van der Waals surface area contributed by atoms with Crippen molar-refractivity contribution in [3.8, 4) is 11.5 Å². The van der Waals surface area contributed by atoms with Gasteiger partial charge in [0.2, 0.25) is 5.91 Å². The number of halogens is 3. The SMILES string of the molecule is CCOC(=O)C1(CC2CC2)CNC(=O)CCCN(C(=O)c2ccc(C(F)(F)F)cc2)CCNC(=O)COc2cc(ccc2OC)C1. The second-order valence-corrected chi connectivity index (χ2v) is 11.7. The largest absolute Gasteiger partial charge is 0.493 e. The summed E-state index contributed by atoms with van der Waals surface area (Å²) in [5.41, 5.74) is -1.14. The number of methoxy groups -OCH3 is 1. The molecule has 250 valence electrons. The van der Waals surface area contributed by atoms with E-state index in [0.717, 1.165) is 42.7 Å². The summed E-state index contributed by atoms with van der Waals surface area (Å²) in [6.07, 6.45) is -1.54. The molecule has 0 saturated heterocycles. The molecule has 1 unspecified atom stereocenters. The number of hydrogen-bond acceptors (Lipinski definition) is 7. The average Bonchev–Trinajstić information content (AvgIpc) is 3.85. The number of esters is 1. The van der Waals surface area contributed by atoms with Gasteiger partial charge >= 0.3 is 12.1 Å². The Bertz CT molecular complexity index is 1400. The van der Waals surface area contributed by atoms with Crippen LogP contribution < -0.4 is 20.1 Å². The molecular formula is C33H40F3N3O7. The molecule has 2 aromatic carbocycles. The van der Waals surface area contributed by atoms with Crippen molar-refractivity contribution in [3.63, 3.8) is 0 Å². The monoisotopic (exact) mass is 647 g/mol. The minimum Gasteiger partial charge on any atom is -0.493 e. The van der Waals surface area contributed by atoms with Crippen molar-refractivity contribution in [2.75, 3.05) is 46.5 Å². The summed E-state index contributed by atoms with van der Waals surface area (Å²) in [7, 11) is 1.47. The maximum absolute atomic E-state index is 13.5. The fourth-order valence-electron chi connectivity index (χ4n) is 5.54. The molecule has 2 aromatic rings. The second-order valence-electron chi connectivity index (χ2n) is 11.7. The lowest BCUT2D eigenvalue weighted by Crippen LogP contribution is -2.46. The molecule has 13 heteroatoms. The molecule has 1 heterocycles.